The van der Waals surface area contributed by atoms with Gasteiger partial charge in [0, 0.05) is 19.0 Å². The lowest BCUT2D eigenvalue weighted by Crippen LogP contribution is -2.10. The summed E-state index contributed by atoms with van der Waals surface area (Å²) in [5.41, 5.74) is 0. The van der Waals surface area contributed by atoms with E-state index in [1.807, 2.05) is 12.1 Å². The molecule has 1 aromatic carbocycles. The van der Waals surface area contributed by atoms with Gasteiger partial charge in [0.25, 0.3) is 0 Å². The van der Waals surface area contributed by atoms with Gasteiger partial charge in [0.05, 0.1) is 7.11 Å². The van der Waals surface area contributed by atoms with Crippen LogP contribution in [0.4, 0.5) is 0 Å². The summed E-state index contributed by atoms with van der Waals surface area (Å²) in [5.74, 6) is 1.06. The molecule has 0 unspecified atom stereocenters. The molecule has 0 radical (unpaired) electrons. The maximum Gasteiger partial charge on any atom is 0.303 e. The van der Waals surface area contributed by atoms with Gasteiger partial charge in [-0.1, -0.05) is 6.07 Å². The van der Waals surface area contributed by atoms with Gasteiger partial charge in [0.2, 0.25) is 0 Å². The summed E-state index contributed by atoms with van der Waals surface area (Å²) in [7, 11) is 1.59. The van der Waals surface area contributed by atoms with Crippen molar-refractivity contribution in [3.63, 3.8) is 0 Å². The van der Waals surface area contributed by atoms with Crippen LogP contribution in [0.1, 0.15) is 18.7 Å². The minimum absolute atomic E-state index is 0.0794. The molecule has 0 spiro atoms. The second kappa shape index (κ2) is 7.22. The highest BCUT2D eigenvalue weighted by Gasteiger charge is 2.08. The fraction of sp³-hybridized carbons (Fsp3) is 0.385. The van der Waals surface area contributed by atoms with Crippen LogP contribution >= 0.6 is 0 Å². The van der Waals surface area contributed by atoms with E-state index in [1.165, 1.54) is 0 Å². The van der Waals surface area contributed by atoms with E-state index in [1.54, 1.807) is 23.9 Å². The van der Waals surface area contributed by atoms with Gasteiger partial charge in [0.15, 0.2) is 5.82 Å². The molecular weight excluding hydrogens is 276 g/mol. The molecule has 1 heterocycles. The average molecular weight is 292 g/mol. The van der Waals surface area contributed by atoms with E-state index in [2.05, 4.69) is 15.5 Å². The number of aliphatic carboxylic acids is 1. The maximum absolute atomic E-state index is 10.5. The summed E-state index contributed by atoms with van der Waals surface area (Å²) in [4.78, 5) is 10.5. The average Bonchev–Trinajstić information content (AvgIpc) is 2.92. The fourth-order valence-electron chi connectivity index (χ4n) is 1.72. The summed E-state index contributed by atoms with van der Waals surface area (Å²) in [5, 5.41) is 19.9. The van der Waals surface area contributed by atoms with Gasteiger partial charge < -0.3 is 14.6 Å². The zero-order valence-corrected chi connectivity index (χ0v) is 11.6. The van der Waals surface area contributed by atoms with Crippen LogP contribution in [0, 0.1) is 0 Å². The number of aromatic nitrogens is 4. The lowest BCUT2D eigenvalue weighted by atomic mass is 10.3. The molecule has 0 atom stereocenters. The lowest BCUT2D eigenvalue weighted by molar-refractivity contribution is -0.137. The van der Waals surface area contributed by atoms with Crippen molar-refractivity contribution in [2.45, 2.75) is 26.0 Å². The largest absolute Gasteiger partial charge is 0.497 e. The molecule has 0 saturated carbocycles. The maximum atomic E-state index is 10.5. The topological polar surface area (TPSA) is 99.4 Å². The van der Waals surface area contributed by atoms with Crippen LogP contribution in [-0.2, 0) is 17.9 Å². The number of methoxy groups -OCH3 is 1. The Kier molecular flexibility index (Phi) is 5.08. The number of carboxylic acids is 1. The van der Waals surface area contributed by atoms with Crippen molar-refractivity contribution < 1.29 is 19.4 Å². The highest BCUT2D eigenvalue weighted by molar-refractivity contribution is 5.66. The molecular formula is C13H16N4O4. The summed E-state index contributed by atoms with van der Waals surface area (Å²) in [6.45, 7) is 0.642. The molecule has 0 bridgehead atoms. The van der Waals surface area contributed by atoms with E-state index in [-0.39, 0.29) is 13.0 Å². The molecule has 1 aromatic heterocycles. The second-order valence-corrected chi connectivity index (χ2v) is 4.28. The smallest absolute Gasteiger partial charge is 0.303 e. The molecule has 21 heavy (non-hydrogen) atoms. The first-order valence-electron chi connectivity index (χ1n) is 6.42. The van der Waals surface area contributed by atoms with Crippen molar-refractivity contribution in [3.05, 3.63) is 30.1 Å². The standard InChI is InChI=1S/C13H16N4O4/c1-20-10-4-2-5-11(8-10)21-9-12-14-15-16-17(12)7-3-6-13(18)19/h2,4-5,8H,3,6-7,9H2,1H3,(H,18,19). The van der Waals surface area contributed by atoms with E-state index in [0.717, 1.165) is 0 Å². The van der Waals surface area contributed by atoms with Gasteiger partial charge >= 0.3 is 5.97 Å². The third-order valence-electron chi connectivity index (χ3n) is 2.78. The second-order valence-electron chi connectivity index (χ2n) is 4.28. The van der Waals surface area contributed by atoms with Crippen LogP contribution < -0.4 is 9.47 Å². The fourth-order valence-corrected chi connectivity index (χ4v) is 1.72. The number of aryl methyl sites for hydroxylation is 1. The quantitative estimate of drug-likeness (QED) is 0.778. The number of tetrazole rings is 1. The summed E-state index contributed by atoms with van der Waals surface area (Å²) >= 11 is 0. The van der Waals surface area contributed by atoms with Crippen molar-refractivity contribution >= 4 is 5.97 Å². The minimum atomic E-state index is -0.836. The van der Waals surface area contributed by atoms with E-state index >= 15 is 0 Å². The van der Waals surface area contributed by atoms with Crippen LogP contribution in [0.5, 0.6) is 11.5 Å². The highest BCUT2D eigenvalue weighted by atomic mass is 16.5. The van der Waals surface area contributed by atoms with Gasteiger partial charge in [-0.3, -0.25) is 4.79 Å². The zero-order chi connectivity index (χ0) is 15.1. The summed E-state index contributed by atoms with van der Waals surface area (Å²) in [6, 6.07) is 7.21. The Hall–Kier alpha value is -2.64. The number of nitrogens with zero attached hydrogens (tertiary/aromatic N) is 4. The van der Waals surface area contributed by atoms with E-state index in [9.17, 15) is 4.79 Å². The third kappa shape index (κ3) is 4.44. The molecule has 1 N–H and O–H groups in total. The van der Waals surface area contributed by atoms with Crippen LogP contribution in [0.15, 0.2) is 24.3 Å². The van der Waals surface area contributed by atoms with Gasteiger partial charge in [-0.05, 0) is 29.0 Å². The van der Waals surface area contributed by atoms with Crippen molar-refractivity contribution in [1.82, 2.24) is 20.2 Å². The Morgan fingerprint density at radius 1 is 1.38 bits per heavy atom. The predicted molar refractivity (Wildman–Crippen MR) is 72.0 cm³/mol. The SMILES string of the molecule is COc1cccc(OCc2nnnn2CCCC(=O)O)c1. The molecule has 0 aliphatic rings. The normalized spacial score (nSPS) is 10.3. The van der Waals surface area contributed by atoms with Gasteiger partial charge in [-0.25, -0.2) is 4.68 Å². The molecule has 0 amide bonds. The third-order valence-corrected chi connectivity index (χ3v) is 2.78. The predicted octanol–water partition coefficient (Wildman–Crippen LogP) is 1.13. The van der Waals surface area contributed by atoms with Crippen LogP contribution in [-0.4, -0.2) is 38.4 Å². The molecule has 8 heteroatoms. The number of benzene rings is 1. The molecule has 8 nitrogen and oxygen atoms in total. The first-order chi connectivity index (χ1) is 10.2. The Labute approximate surface area is 121 Å². The number of rotatable bonds is 8. The highest BCUT2D eigenvalue weighted by Crippen LogP contribution is 2.19. The Bertz CT molecular complexity index is 599. The van der Waals surface area contributed by atoms with E-state index in [4.69, 9.17) is 14.6 Å². The van der Waals surface area contributed by atoms with Gasteiger partial charge in [0.1, 0.15) is 18.1 Å². The molecule has 0 aliphatic heterocycles. The Balaban J connectivity index is 1.91. The minimum Gasteiger partial charge on any atom is -0.497 e. The van der Waals surface area contributed by atoms with E-state index < -0.39 is 5.97 Å². The van der Waals surface area contributed by atoms with E-state index in [0.29, 0.717) is 30.3 Å². The zero-order valence-electron chi connectivity index (χ0n) is 11.6. The first-order valence-corrected chi connectivity index (χ1v) is 6.42. The number of hydrogen-bond acceptors (Lipinski definition) is 6. The first kappa shape index (κ1) is 14.8. The van der Waals surface area contributed by atoms with Crippen molar-refractivity contribution in [1.29, 1.82) is 0 Å². The monoisotopic (exact) mass is 292 g/mol. The van der Waals surface area contributed by atoms with Crippen LogP contribution in [0.25, 0.3) is 0 Å². The number of carboxylic acid groups (broad SMARTS) is 1. The molecule has 0 fully saturated rings. The summed E-state index contributed by atoms with van der Waals surface area (Å²) in [6.07, 6.45) is 0.544. The molecule has 0 aliphatic carbocycles. The van der Waals surface area contributed by atoms with Crippen molar-refractivity contribution in [2.24, 2.45) is 0 Å². The number of ether oxygens (including phenoxy) is 2. The number of hydrogen-bond donors (Lipinski definition) is 1. The Morgan fingerprint density at radius 3 is 2.95 bits per heavy atom. The van der Waals surface area contributed by atoms with Crippen LogP contribution in [0.3, 0.4) is 0 Å². The van der Waals surface area contributed by atoms with Crippen molar-refractivity contribution in [3.8, 4) is 11.5 Å². The van der Waals surface area contributed by atoms with Gasteiger partial charge in [-0.15, -0.1) is 5.10 Å². The van der Waals surface area contributed by atoms with Gasteiger partial charge in [-0.2, -0.15) is 0 Å². The van der Waals surface area contributed by atoms with Crippen LogP contribution in [0.2, 0.25) is 0 Å². The lowest BCUT2D eigenvalue weighted by Gasteiger charge is -2.07. The molecule has 112 valence electrons. The molecule has 0 saturated heterocycles. The molecule has 2 aromatic rings. The van der Waals surface area contributed by atoms with Crippen molar-refractivity contribution in [2.75, 3.05) is 7.11 Å². The Morgan fingerprint density at radius 2 is 2.19 bits per heavy atom. The number of carbonyl (C=O) groups is 1. The summed E-state index contributed by atoms with van der Waals surface area (Å²) < 4.78 is 12.3. The molecule has 2 rings (SSSR count).